The van der Waals surface area contributed by atoms with E-state index in [0.717, 1.165) is 19.4 Å². The lowest BCUT2D eigenvalue weighted by Gasteiger charge is -2.14. The van der Waals surface area contributed by atoms with Crippen LogP contribution in [0.25, 0.3) is 0 Å². The van der Waals surface area contributed by atoms with Crippen molar-refractivity contribution in [1.29, 1.82) is 0 Å². The summed E-state index contributed by atoms with van der Waals surface area (Å²) in [6, 6.07) is 9.83. The van der Waals surface area contributed by atoms with Crippen LogP contribution in [0.5, 0.6) is 17.2 Å². The fraction of sp³-hybridized carbons (Fsp3) is 0.364. The summed E-state index contributed by atoms with van der Waals surface area (Å²) in [7, 11) is 4.47. The van der Waals surface area contributed by atoms with Crippen molar-refractivity contribution >= 4 is 17.5 Å². The Labute approximate surface area is 175 Å². The van der Waals surface area contributed by atoms with Crippen molar-refractivity contribution in [3.05, 3.63) is 47.5 Å². The van der Waals surface area contributed by atoms with Gasteiger partial charge in [-0.05, 0) is 49.2 Å². The molecule has 0 bridgehead atoms. The molecule has 2 amide bonds. The first kappa shape index (κ1) is 21.4. The third kappa shape index (κ3) is 5.01. The standard InChI is InChI=1S/C22H26N2O6/c1-27-18-11-15(12-19(28-2)20(18)29-3)22(26)24-16-8-6-14(7-9-16)21(25)23-13-17-5-4-10-30-17/h6-9,11-12,17H,4-5,10,13H2,1-3H3,(H,23,25)(H,24,26)/t17-/m1/s1. The Kier molecular flexibility index (Phi) is 7.13. The highest BCUT2D eigenvalue weighted by molar-refractivity contribution is 6.05. The summed E-state index contributed by atoms with van der Waals surface area (Å²) >= 11 is 0. The van der Waals surface area contributed by atoms with Gasteiger partial charge in [-0.1, -0.05) is 0 Å². The summed E-state index contributed by atoms with van der Waals surface area (Å²) in [5.74, 6) is 0.674. The Balaban J connectivity index is 1.64. The van der Waals surface area contributed by atoms with Crippen LogP contribution in [0, 0.1) is 0 Å². The average Bonchev–Trinajstić information content (AvgIpc) is 3.30. The number of nitrogens with one attached hydrogen (secondary N) is 2. The largest absolute Gasteiger partial charge is 0.493 e. The van der Waals surface area contributed by atoms with Gasteiger partial charge in [-0.15, -0.1) is 0 Å². The number of hydrogen-bond donors (Lipinski definition) is 2. The molecule has 0 aliphatic carbocycles. The Morgan fingerprint density at radius 2 is 1.63 bits per heavy atom. The smallest absolute Gasteiger partial charge is 0.255 e. The molecular weight excluding hydrogens is 388 g/mol. The van der Waals surface area contributed by atoms with Gasteiger partial charge in [0.15, 0.2) is 11.5 Å². The zero-order valence-electron chi connectivity index (χ0n) is 17.3. The highest BCUT2D eigenvalue weighted by Crippen LogP contribution is 2.38. The maximum atomic E-state index is 12.7. The fourth-order valence-corrected chi connectivity index (χ4v) is 3.23. The van der Waals surface area contributed by atoms with Crippen molar-refractivity contribution in [1.82, 2.24) is 5.32 Å². The first-order valence-corrected chi connectivity index (χ1v) is 9.67. The first-order chi connectivity index (χ1) is 14.5. The fourth-order valence-electron chi connectivity index (χ4n) is 3.23. The van der Waals surface area contributed by atoms with Gasteiger partial charge in [-0.2, -0.15) is 0 Å². The quantitative estimate of drug-likeness (QED) is 0.690. The van der Waals surface area contributed by atoms with Crippen molar-refractivity contribution in [2.45, 2.75) is 18.9 Å². The molecule has 0 saturated carbocycles. The van der Waals surface area contributed by atoms with Gasteiger partial charge >= 0.3 is 0 Å². The summed E-state index contributed by atoms with van der Waals surface area (Å²) in [6.07, 6.45) is 2.08. The first-order valence-electron chi connectivity index (χ1n) is 9.67. The highest BCUT2D eigenvalue weighted by Gasteiger charge is 2.18. The highest BCUT2D eigenvalue weighted by atomic mass is 16.5. The minimum absolute atomic E-state index is 0.0889. The van der Waals surface area contributed by atoms with Gasteiger partial charge in [-0.3, -0.25) is 9.59 Å². The Bertz CT molecular complexity index is 866. The number of ether oxygens (including phenoxy) is 4. The van der Waals surface area contributed by atoms with E-state index in [1.54, 1.807) is 36.4 Å². The van der Waals surface area contributed by atoms with E-state index in [4.69, 9.17) is 18.9 Å². The van der Waals surface area contributed by atoms with Crippen LogP contribution in [0.1, 0.15) is 33.6 Å². The van der Waals surface area contributed by atoms with Crippen LogP contribution in [0.15, 0.2) is 36.4 Å². The predicted octanol–water partition coefficient (Wildman–Crippen LogP) is 2.87. The van der Waals surface area contributed by atoms with Crippen LogP contribution in [-0.2, 0) is 4.74 Å². The predicted molar refractivity (Wildman–Crippen MR) is 112 cm³/mol. The van der Waals surface area contributed by atoms with E-state index in [2.05, 4.69) is 10.6 Å². The molecule has 0 spiro atoms. The Morgan fingerprint density at radius 1 is 0.967 bits per heavy atom. The van der Waals surface area contributed by atoms with E-state index >= 15 is 0 Å². The maximum Gasteiger partial charge on any atom is 0.255 e. The number of rotatable bonds is 8. The van der Waals surface area contributed by atoms with E-state index in [0.29, 0.717) is 40.6 Å². The molecular formula is C22H26N2O6. The molecule has 1 fully saturated rings. The third-order valence-electron chi connectivity index (χ3n) is 4.85. The number of amides is 2. The van der Waals surface area contributed by atoms with Gasteiger partial charge in [0.2, 0.25) is 5.75 Å². The molecule has 1 aliphatic heterocycles. The van der Waals surface area contributed by atoms with Gasteiger partial charge in [-0.25, -0.2) is 0 Å². The zero-order valence-corrected chi connectivity index (χ0v) is 17.3. The van der Waals surface area contributed by atoms with Crippen LogP contribution < -0.4 is 24.8 Å². The summed E-state index contributed by atoms with van der Waals surface area (Å²) in [6.45, 7) is 1.25. The zero-order chi connectivity index (χ0) is 21.5. The number of benzene rings is 2. The lowest BCUT2D eigenvalue weighted by molar-refractivity contribution is 0.0857. The molecule has 160 valence electrons. The second-order valence-electron chi connectivity index (χ2n) is 6.79. The van der Waals surface area contributed by atoms with Gasteiger partial charge < -0.3 is 29.6 Å². The Hall–Kier alpha value is -3.26. The second-order valence-corrected chi connectivity index (χ2v) is 6.79. The van der Waals surface area contributed by atoms with E-state index < -0.39 is 0 Å². The number of anilines is 1. The van der Waals surface area contributed by atoms with E-state index in [1.807, 2.05) is 0 Å². The number of hydrogen-bond acceptors (Lipinski definition) is 6. The second kappa shape index (κ2) is 9.98. The normalized spacial score (nSPS) is 15.4. The molecule has 0 radical (unpaired) electrons. The van der Waals surface area contributed by atoms with Gasteiger partial charge in [0.1, 0.15) is 0 Å². The third-order valence-corrected chi connectivity index (χ3v) is 4.85. The number of carbonyl (C=O) groups is 2. The van der Waals surface area contributed by atoms with E-state index in [9.17, 15) is 9.59 Å². The molecule has 2 aromatic rings. The molecule has 1 atom stereocenters. The van der Waals surface area contributed by atoms with Gasteiger partial charge in [0, 0.05) is 30.0 Å². The number of methoxy groups -OCH3 is 3. The lowest BCUT2D eigenvalue weighted by Crippen LogP contribution is -2.31. The van der Waals surface area contributed by atoms with Crippen LogP contribution in [-0.4, -0.2) is 52.4 Å². The summed E-state index contributed by atoms with van der Waals surface area (Å²) < 4.78 is 21.3. The number of carbonyl (C=O) groups excluding carboxylic acids is 2. The molecule has 8 heteroatoms. The molecule has 1 aliphatic rings. The lowest BCUT2D eigenvalue weighted by atomic mass is 10.1. The van der Waals surface area contributed by atoms with Gasteiger partial charge in [0.25, 0.3) is 11.8 Å². The molecule has 8 nitrogen and oxygen atoms in total. The molecule has 2 aromatic carbocycles. The molecule has 1 saturated heterocycles. The van der Waals surface area contributed by atoms with Crippen LogP contribution in [0.2, 0.25) is 0 Å². The average molecular weight is 414 g/mol. The van der Waals surface area contributed by atoms with Crippen LogP contribution in [0.4, 0.5) is 5.69 Å². The summed E-state index contributed by atoms with van der Waals surface area (Å²) in [4.78, 5) is 24.9. The van der Waals surface area contributed by atoms with Crippen molar-refractivity contribution in [3.8, 4) is 17.2 Å². The Morgan fingerprint density at radius 3 is 2.17 bits per heavy atom. The summed E-state index contributed by atoms with van der Waals surface area (Å²) in [5, 5.41) is 5.67. The molecule has 1 heterocycles. The summed E-state index contributed by atoms with van der Waals surface area (Å²) in [5.41, 5.74) is 1.42. The molecule has 0 aromatic heterocycles. The molecule has 30 heavy (non-hydrogen) atoms. The van der Waals surface area contributed by atoms with Crippen molar-refractivity contribution in [3.63, 3.8) is 0 Å². The molecule has 2 N–H and O–H groups in total. The molecule has 0 unspecified atom stereocenters. The maximum absolute atomic E-state index is 12.7. The minimum Gasteiger partial charge on any atom is -0.493 e. The van der Waals surface area contributed by atoms with Crippen molar-refractivity contribution in [2.75, 3.05) is 39.8 Å². The molecule has 3 rings (SSSR count). The topological polar surface area (TPSA) is 95.1 Å². The monoisotopic (exact) mass is 414 g/mol. The van der Waals surface area contributed by atoms with Crippen molar-refractivity contribution < 1.29 is 28.5 Å². The van der Waals surface area contributed by atoms with E-state index in [1.165, 1.54) is 21.3 Å². The van der Waals surface area contributed by atoms with Gasteiger partial charge in [0.05, 0.1) is 27.4 Å². The van der Waals surface area contributed by atoms with Crippen LogP contribution >= 0.6 is 0 Å². The SMILES string of the molecule is COc1cc(C(=O)Nc2ccc(C(=O)NC[C@H]3CCCO3)cc2)cc(OC)c1OC. The van der Waals surface area contributed by atoms with Crippen molar-refractivity contribution in [2.24, 2.45) is 0 Å². The van der Waals surface area contributed by atoms with E-state index in [-0.39, 0.29) is 17.9 Å². The van der Waals surface area contributed by atoms with Crippen LogP contribution in [0.3, 0.4) is 0 Å². The minimum atomic E-state index is -0.343.